The second kappa shape index (κ2) is 7.80. The molecule has 0 aromatic heterocycles. The van der Waals surface area contributed by atoms with Crippen molar-refractivity contribution >= 4 is 23.6 Å². The average molecular weight is 423 g/mol. The zero-order valence-corrected chi connectivity index (χ0v) is 21.0. The monoisotopic (exact) mass is 422 g/mol. The Kier molecular flexibility index (Phi) is 5.43. The fourth-order valence-electron chi connectivity index (χ4n) is 5.76. The van der Waals surface area contributed by atoms with Crippen molar-refractivity contribution in [1.82, 2.24) is 0 Å². The number of rotatable bonds is 4. The van der Waals surface area contributed by atoms with E-state index in [0.29, 0.717) is 0 Å². The van der Waals surface area contributed by atoms with Crippen LogP contribution >= 0.6 is 0 Å². The van der Waals surface area contributed by atoms with Crippen molar-refractivity contribution in [2.75, 3.05) is 0 Å². The molecule has 0 saturated heterocycles. The molecular formula is C30H34Si. The second-order valence-corrected chi connectivity index (χ2v) is 13.9. The third kappa shape index (κ3) is 3.27. The van der Waals surface area contributed by atoms with Gasteiger partial charge in [0.05, 0.1) is 0 Å². The molecule has 0 aliphatic heterocycles. The molecular weight excluding hydrogens is 388 g/mol. The first-order chi connectivity index (χ1) is 14.7. The summed E-state index contributed by atoms with van der Waals surface area (Å²) in [5.41, 5.74) is 8.37. The predicted octanol–water partition coefficient (Wildman–Crippen LogP) is 6.14. The molecule has 4 rings (SSSR count). The van der Waals surface area contributed by atoms with Gasteiger partial charge in [-0.25, -0.2) is 0 Å². The lowest BCUT2D eigenvalue weighted by Crippen LogP contribution is -2.73. The van der Waals surface area contributed by atoms with E-state index in [-0.39, 0.29) is 5.04 Å². The first-order valence-corrected chi connectivity index (χ1v) is 13.3. The van der Waals surface area contributed by atoms with E-state index in [1.54, 1.807) is 0 Å². The van der Waals surface area contributed by atoms with E-state index >= 15 is 0 Å². The minimum absolute atomic E-state index is 0.0451. The molecule has 1 atom stereocenters. The first kappa shape index (κ1) is 21.6. The number of benzene rings is 3. The highest BCUT2D eigenvalue weighted by molar-refractivity contribution is 7.14. The van der Waals surface area contributed by atoms with Gasteiger partial charge in [-0.05, 0) is 62.7 Å². The number of hydrogen-bond donors (Lipinski definition) is 0. The van der Waals surface area contributed by atoms with Crippen molar-refractivity contribution in [2.45, 2.75) is 53.5 Å². The molecule has 31 heavy (non-hydrogen) atoms. The van der Waals surface area contributed by atoms with Crippen molar-refractivity contribution in [3.63, 3.8) is 0 Å². The molecule has 1 aliphatic carbocycles. The van der Waals surface area contributed by atoms with Gasteiger partial charge >= 0.3 is 0 Å². The van der Waals surface area contributed by atoms with Crippen LogP contribution in [-0.2, 0) is 0 Å². The fourth-order valence-corrected chi connectivity index (χ4v) is 12.1. The maximum absolute atomic E-state index is 2.58. The van der Waals surface area contributed by atoms with E-state index in [0.717, 1.165) is 0 Å². The van der Waals surface area contributed by atoms with Crippen molar-refractivity contribution in [2.24, 2.45) is 0 Å². The molecule has 0 saturated carbocycles. The molecule has 0 nitrogen and oxygen atoms in total. The molecule has 158 valence electrons. The van der Waals surface area contributed by atoms with E-state index in [9.17, 15) is 0 Å². The van der Waals surface area contributed by atoms with Gasteiger partial charge < -0.3 is 0 Å². The zero-order valence-electron chi connectivity index (χ0n) is 20.0. The van der Waals surface area contributed by atoms with Gasteiger partial charge in [0.15, 0.2) is 8.07 Å². The van der Waals surface area contributed by atoms with Crippen molar-refractivity contribution in [3.05, 3.63) is 112 Å². The molecule has 0 heterocycles. The smallest absolute Gasteiger partial charge is 0.0730 e. The summed E-state index contributed by atoms with van der Waals surface area (Å²) < 4.78 is 0. The lowest BCUT2D eigenvalue weighted by Gasteiger charge is -2.47. The Morgan fingerprint density at radius 1 is 0.581 bits per heavy atom. The van der Waals surface area contributed by atoms with Crippen LogP contribution in [0.4, 0.5) is 0 Å². The number of allylic oxidation sites excluding steroid dienone is 4. The van der Waals surface area contributed by atoms with E-state index in [1.165, 1.54) is 49.0 Å². The number of aryl methyl sites for hydroxylation is 3. The number of hydrogen-bond acceptors (Lipinski definition) is 0. The van der Waals surface area contributed by atoms with Crippen LogP contribution in [0.15, 0.2) is 95.6 Å². The summed E-state index contributed by atoms with van der Waals surface area (Å²) in [7, 11) is -2.49. The molecule has 0 spiro atoms. The Morgan fingerprint density at radius 2 is 0.968 bits per heavy atom. The van der Waals surface area contributed by atoms with Gasteiger partial charge in [0.2, 0.25) is 0 Å². The summed E-state index contributed by atoms with van der Waals surface area (Å²) >= 11 is 0. The fraction of sp³-hybridized carbons (Fsp3) is 0.267. The third-order valence-electron chi connectivity index (χ3n) is 7.57. The molecule has 1 aliphatic rings. The molecule has 1 unspecified atom stereocenters. The Morgan fingerprint density at radius 3 is 1.26 bits per heavy atom. The van der Waals surface area contributed by atoms with Crippen LogP contribution in [0.1, 0.15) is 44.4 Å². The van der Waals surface area contributed by atoms with Crippen molar-refractivity contribution in [1.29, 1.82) is 0 Å². The van der Waals surface area contributed by atoms with E-state index < -0.39 is 8.07 Å². The van der Waals surface area contributed by atoms with Crippen LogP contribution in [0.5, 0.6) is 0 Å². The molecule has 3 aromatic rings. The largest absolute Gasteiger partial charge is 0.161 e. The molecule has 0 amide bonds. The highest BCUT2D eigenvalue weighted by Gasteiger charge is 2.56. The third-order valence-corrected chi connectivity index (χ3v) is 13.2. The topological polar surface area (TPSA) is 0 Å². The summed E-state index contributed by atoms with van der Waals surface area (Å²) in [6, 6.07) is 27.9. The van der Waals surface area contributed by atoms with Crippen LogP contribution < -0.4 is 15.6 Å². The first-order valence-electron chi connectivity index (χ1n) is 11.3. The molecule has 0 bridgehead atoms. The maximum Gasteiger partial charge on any atom is 0.161 e. The average Bonchev–Trinajstić information content (AvgIpc) is 2.92. The van der Waals surface area contributed by atoms with Gasteiger partial charge in [0, 0.05) is 5.04 Å². The molecule has 1 heteroatoms. The lowest BCUT2D eigenvalue weighted by molar-refractivity contribution is 0.870. The lowest BCUT2D eigenvalue weighted by atomic mass is 10.0. The van der Waals surface area contributed by atoms with E-state index in [2.05, 4.69) is 127 Å². The van der Waals surface area contributed by atoms with Gasteiger partial charge in [-0.15, -0.1) is 0 Å². The predicted molar refractivity (Wildman–Crippen MR) is 139 cm³/mol. The minimum Gasteiger partial charge on any atom is -0.0730 e. The van der Waals surface area contributed by atoms with Crippen LogP contribution in [0.3, 0.4) is 0 Å². The van der Waals surface area contributed by atoms with Crippen LogP contribution in [0.2, 0.25) is 5.04 Å². The SMILES string of the molecule is CC1=CC(C)([Si](c2cccc(C)c2)(c2cccc(C)c2)c2cccc(C)c2)C(C)=C1C. The molecule has 0 fully saturated rings. The summed E-state index contributed by atoms with van der Waals surface area (Å²) in [5.74, 6) is 0. The van der Waals surface area contributed by atoms with Gasteiger partial charge in [-0.2, -0.15) is 0 Å². The summed E-state index contributed by atoms with van der Waals surface area (Å²) in [6.07, 6.45) is 2.58. The normalized spacial score (nSPS) is 19.0. The molecule has 3 aromatic carbocycles. The van der Waals surface area contributed by atoms with Crippen molar-refractivity contribution < 1.29 is 0 Å². The Hall–Kier alpha value is -2.64. The van der Waals surface area contributed by atoms with Gasteiger partial charge in [-0.1, -0.05) is 114 Å². The summed E-state index contributed by atoms with van der Waals surface area (Å²) in [5, 5.41) is 4.43. The summed E-state index contributed by atoms with van der Waals surface area (Å²) in [6.45, 7) is 16.1. The summed E-state index contributed by atoms with van der Waals surface area (Å²) in [4.78, 5) is 0. The Balaban J connectivity index is 2.24. The van der Waals surface area contributed by atoms with Crippen molar-refractivity contribution in [3.8, 4) is 0 Å². The standard InChI is InChI=1S/C30H34Si/c1-21-11-8-14-27(17-21)31(28-15-9-12-22(2)18-28,29-16-10-13-23(3)19-29)30(7)20-24(4)25(5)26(30)6/h8-20H,1-7H3. The van der Waals surface area contributed by atoms with Crippen LogP contribution in [0, 0.1) is 20.8 Å². The van der Waals surface area contributed by atoms with Gasteiger partial charge in [0.1, 0.15) is 0 Å². The molecule has 0 N–H and O–H groups in total. The minimum atomic E-state index is -2.49. The highest BCUT2D eigenvalue weighted by Crippen LogP contribution is 2.52. The van der Waals surface area contributed by atoms with Gasteiger partial charge in [0.25, 0.3) is 0 Å². The highest BCUT2D eigenvalue weighted by atomic mass is 28.3. The van der Waals surface area contributed by atoms with E-state index in [1.807, 2.05) is 0 Å². The molecule has 0 radical (unpaired) electrons. The Bertz CT molecular complexity index is 1100. The zero-order chi connectivity index (χ0) is 22.4. The quantitative estimate of drug-likeness (QED) is 0.350. The van der Waals surface area contributed by atoms with E-state index in [4.69, 9.17) is 0 Å². The second-order valence-electron chi connectivity index (χ2n) is 9.64. The maximum atomic E-state index is 2.58. The van der Waals surface area contributed by atoms with Crippen LogP contribution in [-0.4, -0.2) is 8.07 Å². The van der Waals surface area contributed by atoms with Crippen LogP contribution in [0.25, 0.3) is 0 Å². The van der Waals surface area contributed by atoms with Gasteiger partial charge in [-0.3, -0.25) is 0 Å². The Labute approximate surface area is 189 Å².